The normalized spacial score (nSPS) is 25.7. The molecule has 15 heavy (non-hydrogen) atoms. The van der Waals surface area contributed by atoms with Crippen molar-refractivity contribution in [2.24, 2.45) is 0 Å². The average molecular weight is 205 g/mol. The second kappa shape index (κ2) is 4.19. The SMILES string of the molecule is CCCC1(c2cccnc2N)CCCN1. The van der Waals surface area contributed by atoms with Gasteiger partial charge in [0.25, 0.3) is 0 Å². The fraction of sp³-hybridized carbons (Fsp3) is 0.583. The second-order valence-electron chi connectivity index (χ2n) is 4.30. The monoisotopic (exact) mass is 205 g/mol. The zero-order chi connectivity index (χ0) is 10.7. The molecule has 0 radical (unpaired) electrons. The summed E-state index contributed by atoms with van der Waals surface area (Å²) in [4.78, 5) is 4.19. The van der Waals surface area contributed by atoms with Gasteiger partial charge in [-0.1, -0.05) is 19.4 Å². The Kier molecular flexibility index (Phi) is 2.91. The Morgan fingerprint density at radius 3 is 3.07 bits per heavy atom. The lowest BCUT2D eigenvalue weighted by atomic mass is 9.84. The van der Waals surface area contributed by atoms with Crippen LogP contribution in [-0.2, 0) is 5.54 Å². The Morgan fingerprint density at radius 2 is 2.47 bits per heavy atom. The summed E-state index contributed by atoms with van der Waals surface area (Å²) in [6, 6.07) is 4.08. The largest absolute Gasteiger partial charge is 0.383 e. The molecule has 1 aromatic heterocycles. The Bertz CT molecular complexity index is 329. The number of hydrogen-bond acceptors (Lipinski definition) is 3. The van der Waals surface area contributed by atoms with Crippen molar-refractivity contribution in [2.75, 3.05) is 12.3 Å². The van der Waals surface area contributed by atoms with Gasteiger partial charge in [-0.05, 0) is 31.9 Å². The first kappa shape index (κ1) is 10.4. The zero-order valence-electron chi connectivity index (χ0n) is 9.29. The highest BCUT2D eigenvalue weighted by Gasteiger charge is 2.35. The number of hydrogen-bond donors (Lipinski definition) is 2. The van der Waals surface area contributed by atoms with E-state index in [1.54, 1.807) is 6.20 Å². The van der Waals surface area contributed by atoms with Gasteiger partial charge >= 0.3 is 0 Å². The van der Waals surface area contributed by atoms with Crippen LogP contribution in [0.25, 0.3) is 0 Å². The van der Waals surface area contributed by atoms with Crippen LogP contribution in [0.1, 0.15) is 38.2 Å². The smallest absolute Gasteiger partial charge is 0.128 e. The predicted octanol–water partition coefficient (Wildman–Crippen LogP) is 2.04. The molecule has 1 unspecified atom stereocenters. The second-order valence-corrected chi connectivity index (χ2v) is 4.30. The summed E-state index contributed by atoms with van der Waals surface area (Å²) >= 11 is 0. The van der Waals surface area contributed by atoms with Crippen LogP contribution in [0, 0.1) is 0 Å². The molecule has 0 saturated carbocycles. The molecule has 0 amide bonds. The molecule has 82 valence electrons. The molecule has 3 nitrogen and oxygen atoms in total. The van der Waals surface area contributed by atoms with E-state index in [0.29, 0.717) is 5.82 Å². The van der Waals surface area contributed by atoms with E-state index in [-0.39, 0.29) is 5.54 Å². The van der Waals surface area contributed by atoms with Crippen molar-refractivity contribution in [2.45, 2.75) is 38.1 Å². The number of nitrogen functional groups attached to an aromatic ring is 1. The highest BCUT2D eigenvalue weighted by Crippen LogP contribution is 2.37. The number of anilines is 1. The molecule has 1 aliphatic rings. The Labute approximate surface area is 91.1 Å². The minimum absolute atomic E-state index is 0.0904. The number of nitrogens with two attached hydrogens (primary N) is 1. The van der Waals surface area contributed by atoms with Gasteiger partial charge in [-0.15, -0.1) is 0 Å². The molecule has 0 spiro atoms. The fourth-order valence-corrected chi connectivity index (χ4v) is 2.63. The van der Waals surface area contributed by atoms with Crippen LogP contribution >= 0.6 is 0 Å². The summed E-state index contributed by atoms with van der Waals surface area (Å²) in [5.74, 6) is 0.681. The highest BCUT2D eigenvalue weighted by molar-refractivity contribution is 5.44. The molecule has 3 N–H and O–H groups in total. The van der Waals surface area contributed by atoms with Gasteiger partial charge in [0.1, 0.15) is 5.82 Å². The highest BCUT2D eigenvalue weighted by atomic mass is 15.0. The lowest BCUT2D eigenvalue weighted by Crippen LogP contribution is -2.37. The van der Waals surface area contributed by atoms with Crippen LogP contribution in [0.2, 0.25) is 0 Å². The summed E-state index contributed by atoms with van der Waals surface area (Å²) in [5, 5.41) is 3.61. The van der Waals surface area contributed by atoms with Crippen LogP contribution in [0.4, 0.5) is 5.82 Å². The summed E-state index contributed by atoms with van der Waals surface area (Å²) in [6.07, 6.45) is 6.47. The van der Waals surface area contributed by atoms with Crippen molar-refractivity contribution in [3.63, 3.8) is 0 Å². The maximum absolute atomic E-state index is 5.96. The topological polar surface area (TPSA) is 50.9 Å². The molecule has 2 rings (SSSR count). The molecule has 1 fully saturated rings. The summed E-state index contributed by atoms with van der Waals surface area (Å²) in [7, 11) is 0. The number of aromatic nitrogens is 1. The van der Waals surface area contributed by atoms with E-state index in [1.807, 2.05) is 6.07 Å². The van der Waals surface area contributed by atoms with Crippen LogP contribution in [-0.4, -0.2) is 11.5 Å². The van der Waals surface area contributed by atoms with Gasteiger partial charge in [-0.25, -0.2) is 4.98 Å². The third kappa shape index (κ3) is 1.84. The molecule has 3 heteroatoms. The predicted molar refractivity (Wildman–Crippen MR) is 62.5 cm³/mol. The average Bonchev–Trinajstić information content (AvgIpc) is 2.69. The van der Waals surface area contributed by atoms with Crippen LogP contribution < -0.4 is 11.1 Å². The molecule has 1 aromatic rings. The maximum atomic E-state index is 5.96. The summed E-state index contributed by atoms with van der Waals surface area (Å²) in [5.41, 5.74) is 7.24. The van der Waals surface area contributed by atoms with E-state index in [1.165, 1.54) is 24.8 Å². The molecule has 0 bridgehead atoms. The number of nitrogens with one attached hydrogen (secondary N) is 1. The third-order valence-corrected chi connectivity index (χ3v) is 3.27. The first-order valence-electron chi connectivity index (χ1n) is 5.74. The van der Waals surface area contributed by atoms with Gasteiger partial charge in [-0.3, -0.25) is 0 Å². The Hall–Kier alpha value is -1.09. The van der Waals surface area contributed by atoms with E-state index in [2.05, 4.69) is 23.3 Å². The van der Waals surface area contributed by atoms with E-state index in [9.17, 15) is 0 Å². The van der Waals surface area contributed by atoms with Crippen molar-refractivity contribution < 1.29 is 0 Å². The number of pyridine rings is 1. The van der Waals surface area contributed by atoms with E-state index < -0.39 is 0 Å². The van der Waals surface area contributed by atoms with Crippen LogP contribution in [0.3, 0.4) is 0 Å². The first-order valence-corrected chi connectivity index (χ1v) is 5.74. The Balaban J connectivity index is 2.36. The van der Waals surface area contributed by atoms with Gasteiger partial charge in [0, 0.05) is 17.3 Å². The standard InChI is InChI=1S/C12H19N3/c1-2-6-12(7-4-9-15-12)10-5-3-8-14-11(10)13/h3,5,8,15H,2,4,6-7,9H2,1H3,(H2,13,14). The lowest BCUT2D eigenvalue weighted by Gasteiger charge is -2.30. The molecular formula is C12H19N3. The molecule has 1 atom stereocenters. The molecular weight excluding hydrogens is 186 g/mol. The van der Waals surface area contributed by atoms with Crippen molar-refractivity contribution in [3.05, 3.63) is 23.9 Å². The van der Waals surface area contributed by atoms with Crippen molar-refractivity contribution in [3.8, 4) is 0 Å². The Morgan fingerprint density at radius 1 is 1.60 bits per heavy atom. The summed E-state index contributed by atoms with van der Waals surface area (Å²) < 4.78 is 0. The van der Waals surface area contributed by atoms with Gasteiger partial charge in [0.2, 0.25) is 0 Å². The van der Waals surface area contributed by atoms with Crippen molar-refractivity contribution >= 4 is 5.82 Å². The fourth-order valence-electron chi connectivity index (χ4n) is 2.63. The molecule has 0 aliphatic carbocycles. The summed E-state index contributed by atoms with van der Waals surface area (Å²) in [6.45, 7) is 3.31. The zero-order valence-corrected chi connectivity index (χ0v) is 9.29. The minimum Gasteiger partial charge on any atom is -0.383 e. The van der Waals surface area contributed by atoms with Crippen molar-refractivity contribution in [1.29, 1.82) is 0 Å². The van der Waals surface area contributed by atoms with Gasteiger partial charge < -0.3 is 11.1 Å². The van der Waals surface area contributed by atoms with Crippen LogP contribution in [0.15, 0.2) is 18.3 Å². The molecule has 1 saturated heterocycles. The molecule has 2 heterocycles. The minimum atomic E-state index is 0.0904. The quantitative estimate of drug-likeness (QED) is 0.794. The number of rotatable bonds is 3. The van der Waals surface area contributed by atoms with E-state index >= 15 is 0 Å². The van der Waals surface area contributed by atoms with Gasteiger partial charge in [0.05, 0.1) is 0 Å². The van der Waals surface area contributed by atoms with E-state index in [4.69, 9.17) is 5.73 Å². The van der Waals surface area contributed by atoms with Crippen LogP contribution in [0.5, 0.6) is 0 Å². The van der Waals surface area contributed by atoms with E-state index in [0.717, 1.165) is 13.0 Å². The first-order chi connectivity index (χ1) is 7.28. The molecule has 1 aliphatic heterocycles. The molecule has 0 aromatic carbocycles. The number of nitrogens with zero attached hydrogens (tertiary/aromatic N) is 1. The maximum Gasteiger partial charge on any atom is 0.128 e. The third-order valence-electron chi connectivity index (χ3n) is 3.27. The lowest BCUT2D eigenvalue weighted by molar-refractivity contribution is 0.356. The van der Waals surface area contributed by atoms with Crippen molar-refractivity contribution in [1.82, 2.24) is 10.3 Å². The van der Waals surface area contributed by atoms with Gasteiger partial charge in [0.15, 0.2) is 0 Å². The van der Waals surface area contributed by atoms with Gasteiger partial charge in [-0.2, -0.15) is 0 Å².